The fourth-order valence-corrected chi connectivity index (χ4v) is 1.98. The largest absolute Gasteiger partial charge is 0.463 e. The molecule has 0 aromatic heterocycles. The van der Waals surface area contributed by atoms with Gasteiger partial charge in [-0.15, -0.1) is 0 Å². The van der Waals surface area contributed by atoms with E-state index in [-0.39, 0.29) is 11.9 Å². The summed E-state index contributed by atoms with van der Waals surface area (Å²) in [5.41, 5.74) is 0.00790. The summed E-state index contributed by atoms with van der Waals surface area (Å²) < 4.78 is 4.83. The number of hydrogen-bond donors (Lipinski definition) is 2. The van der Waals surface area contributed by atoms with E-state index in [4.69, 9.17) is 4.74 Å². The Morgan fingerprint density at radius 1 is 1.73 bits per heavy atom. The summed E-state index contributed by atoms with van der Waals surface area (Å²) in [5.74, 6) is -0.363. The molecule has 0 unspecified atom stereocenters. The maximum Gasteiger partial charge on any atom is 0.332 e. The second-order valence-corrected chi connectivity index (χ2v) is 4.02. The van der Waals surface area contributed by atoms with Gasteiger partial charge in [0.15, 0.2) is 0 Å². The summed E-state index contributed by atoms with van der Waals surface area (Å²) in [6.45, 7) is 6.39. The highest BCUT2D eigenvalue weighted by atomic mass is 16.5. The third-order valence-electron chi connectivity index (χ3n) is 2.74. The lowest BCUT2D eigenvalue weighted by Crippen LogP contribution is -2.33. The van der Waals surface area contributed by atoms with Gasteiger partial charge < -0.3 is 15.2 Å². The molecule has 4 nitrogen and oxygen atoms in total. The van der Waals surface area contributed by atoms with Gasteiger partial charge in [-0.05, 0) is 20.3 Å². The first-order chi connectivity index (χ1) is 7.01. The number of ether oxygens (including phenoxy) is 1. The van der Waals surface area contributed by atoms with Crippen LogP contribution in [0.2, 0.25) is 0 Å². The molecule has 0 aromatic carbocycles. The van der Waals surface area contributed by atoms with E-state index in [1.807, 2.05) is 6.92 Å². The number of esters is 1. The standard InChI is InChI=1S/C11H19NO3/c1-4-8-9(6-10(13)15-5-2)12-7-11(8,3)14/h6,8,12,14H,4-5,7H2,1-3H3/b9-6-/t8-,11+/m1/s1. The molecule has 1 rings (SSSR count). The zero-order valence-electron chi connectivity index (χ0n) is 9.54. The van der Waals surface area contributed by atoms with Gasteiger partial charge in [-0.2, -0.15) is 0 Å². The van der Waals surface area contributed by atoms with Crippen molar-refractivity contribution in [1.82, 2.24) is 5.32 Å². The summed E-state index contributed by atoms with van der Waals surface area (Å²) in [7, 11) is 0. The number of nitrogens with one attached hydrogen (secondary N) is 1. The maximum atomic E-state index is 11.3. The molecule has 0 radical (unpaired) electrons. The molecule has 0 aromatic rings. The Balaban J connectivity index is 2.75. The van der Waals surface area contributed by atoms with Crippen LogP contribution in [0.25, 0.3) is 0 Å². The second kappa shape index (κ2) is 4.66. The Labute approximate surface area is 90.3 Å². The summed E-state index contributed by atoms with van der Waals surface area (Å²) in [5, 5.41) is 13.1. The van der Waals surface area contributed by atoms with Gasteiger partial charge in [0.2, 0.25) is 0 Å². The lowest BCUT2D eigenvalue weighted by Gasteiger charge is -2.22. The molecule has 1 fully saturated rings. The summed E-state index contributed by atoms with van der Waals surface area (Å²) in [6.07, 6.45) is 2.24. The number of hydrogen-bond acceptors (Lipinski definition) is 4. The molecule has 0 saturated carbocycles. The van der Waals surface area contributed by atoms with Crippen LogP contribution in [-0.4, -0.2) is 29.8 Å². The van der Waals surface area contributed by atoms with Crippen molar-refractivity contribution >= 4 is 5.97 Å². The molecular weight excluding hydrogens is 194 g/mol. The highest BCUT2D eigenvalue weighted by molar-refractivity contribution is 5.82. The lowest BCUT2D eigenvalue weighted by molar-refractivity contribution is -0.137. The molecule has 1 saturated heterocycles. The molecule has 1 aliphatic heterocycles. The first kappa shape index (κ1) is 12.0. The Bertz CT molecular complexity index is 271. The van der Waals surface area contributed by atoms with Crippen molar-refractivity contribution in [3.8, 4) is 0 Å². The number of carbonyl (C=O) groups excluding carboxylic acids is 1. The minimum atomic E-state index is -0.771. The van der Waals surface area contributed by atoms with Crippen LogP contribution in [0.15, 0.2) is 11.8 Å². The Hall–Kier alpha value is -1.03. The summed E-state index contributed by atoms with van der Waals surface area (Å²) >= 11 is 0. The maximum absolute atomic E-state index is 11.3. The van der Waals surface area contributed by atoms with Crippen molar-refractivity contribution in [3.63, 3.8) is 0 Å². The number of β-amino-alcohol motifs (C(OH)–C–C–N with tert-alkyl or cyclic N) is 1. The first-order valence-electron chi connectivity index (χ1n) is 5.35. The van der Waals surface area contributed by atoms with Crippen molar-refractivity contribution < 1.29 is 14.6 Å². The van der Waals surface area contributed by atoms with Gasteiger partial charge in [0.25, 0.3) is 0 Å². The van der Waals surface area contributed by atoms with Crippen molar-refractivity contribution in [1.29, 1.82) is 0 Å². The van der Waals surface area contributed by atoms with Gasteiger partial charge in [-0.1, -0.05) is 6.92 Å². The Kier molecular flexibility index (Phi) is 3.74. The third kappa shape index (κ3) is 2.72. The number of rotatable bonds is 3. The molecule has 0 bridgehead atoms. The van der Waals surface area contributed by atoms with E-state index in [9.17, 15) is 9.90 Å². The van der Waals surface area contributed by atoms with Crippen LogP contribution < -0.4 is 5.32 Å². The van der Waals surface area contributed by atoms with Crippen LogP contribution in [0.4, 0.5) is 0 Å². The van der Waals surface area contributed by atoms with Crippen molar-refractivity contribution in [3.05, 3.63) is 11.8 Å². The smallest absolute Gasteiger partial charge is 0.332 e. The van der Waals surface area contributed by atoms with Gasteiger partial charge in [-0.3, -0.25) is 0 Å². The van der Waals surface area contributed by atoms with Crippen LogP contribution in [-0.2, 0) is 9.53 Å². The molecule has 1 heterocycles. The van der Waals surface area contributed by atoms with E-state index < -0.39 is 5.60 Å². The SMILES string of the molecule is CCOC(=O)/C=C1\NC[C@](C)(O)[C@@H]1CC. The second-order valence-electron chi connectivity index (χ2n) is 4.02. The average Bonchev–Trinajstić information content (AvgIpc) is 2.41. The summed E-state index contributed by atoms with van der Waals surface area (Å²) in [4.78, 5) is 11.3. The topological polar surface area (TPSA) is 58.6 Å². The van der Waals surface area contributed by atoms with E-state index in [1.165, 1.54) is 6.08 Å². The molecule has 1 aliphatic rings. The highest BCUT2D eigenvalue weighted by Crippen LogP contribution is 2.31. The normalized spacial score (nSPS) is 32.8. The van der Waals surface area contributed by atoms with Crippen LogP contribution in [0, 0.1) is 5.92 Å². The van der Waals surface area contributed by atoms with E-state index in [1.54, 1.807) is 13.8 Å². The molecule has 86 valence electrons. The molecule has 0 amide bonds. The van der Waals surface area contributed by atoms with Crippen LogP contribution in [0.1, 0.15) is 27.2 Å². The zero-order chi connectivity index (χ0) is 11.5. The van der Waals surface area contributed by atoms with Gasteiger partial charge in [-0.25, -0.2) is 4.79 Å². The van der Waals surface area contributed by atoms with E-state index in [0.29, 0.717) is 13.2 Å². The molecule has 2 N–H and O–H groups in total. The highest BCUT2D eigenvalue weighted by Gasteiger charge is 2.39. The third-order valence-corrected chi connectivity index (χ3v) is 2.74. The lowest BCUT2D eigenvalue weighted by atomic mass is 9.88. The van der Waals surface area contributed by atoms with Crippen LogP contribution >= 0.6 is 0 Å². The predicted molar refractivity (Wildman–Crippen MR) is 57.1 cm³/mol. The molecule has 2 atom stereocenters. The van der Waals surface area contributed by atoms with Crippen molar-refractivity contribution in [2.45, 2.75) is 32.8 Å². The van der Waals surface area contributed by atoms with E-state index >= 15 is 0 Å². The monoisotopic (exact) mass is 213 g/mol. The van der Waals surface area contributed by atoms with Gasteiger partial charge in [0, 0.05) is 24.2 Å². The van der Waals surface area contributed by atoms with E-state index in [0.717, 1.165) is 12.1 Å². The van der Waals surface area contributed by atoms with E-state index in [2.05, 4.69) is 5.32 Å². The molecule has 0 spiro atoms. The molecule has 15 heavy (non-hydrogen) atoms. The minimum absolute atomic E-state index is 0.0121. The molecular formula is C11H19NO3. The zero-order valence-corrected chi connectivity index (χ0v) is 9.54. The number of carbonyl (C=O) groups is 1. The average molecular weight is 213 g/mol. The molecule has 4 heteroatoms. The van der Waals surface area contributed by atoms with Crippen molar-refractivity contribution in [2.24, 2.45) is 5.92 Å². The van der Waals surface area contributed by atoms with Gasteiger partial charge >= 0.3 is 5.97 Å². The molecule has 0 aliphatic carbocycles. The van der Waals surface area contributed by atoms with Crippen molar-refractivity contribution in [2.75, 3.05) is 13.2 Å². The fourth-order valence-electron chi connectivity index (χ4n) is 1.98. The Morgan fingerprint density at radius 3 is 2.93 bits per heavy atom. The fraction of sp³-hybridized carbons (Fsp3) is 0.727. The first-order valence-corrected chi connectivity index (χ1v) is 5.35. The summed E-state index contributed by atoms with van der Waals surface area (Å²) in [6, 6.07) is 0. The predicted octanol–water partition coefficient (Wildman–Crippen LogP) is 0.814. The van der Waals surface area contributed by atoms with Crippen LogP contribution in [0.5, 0.6) is 0 Å². The Morgan fingerprint density at radius 2 is 2.40 bits per heavy atom. The van der Waals surface area contributed by atoms with Gasteiger partial charge in [0.1, 0.15) is 0 Å². The number of aliphatic hydroxyl groups is 1. The van der Waals surface area contributed by atoms with Gasteiger partial charge in [0.05, 0.1) is 12.2 Å². The quantitative estimate of drug-likeness (QED) is 0.538. The van der Waals surface area contributed by atoms with Crippen LogP contribution in [0.3, 0.4) is 0 Å². The minimum Gasteiger partial charge on any atom is -0.463 e.